The fraction of sp³-hybridized carbons (Fsp3) is 0.182. The van der Waals surface area contributed by atoms with Crippen LogP contribution >= 0.6 is 15.9 Å². The summed E-state index contributed by atoms with van der Waals surface area (Å²) in [4.78, 5) is 7.44. The van der Waals surface area contributed by atoms with E-state index in [9.17, 15) is 0 Å². The predicted molar refractivity (Wildman–Crippen MR) is 108 cm³/mol. The molecule has 1 heterocycles. The molecule has 4 aromatic rings. The van der Waals surface area contributed by atoms with Crippen molar-refractivity contribution in [1.29, 1.82) is 0 Å². The number of hydrogen-bond donors (Lipinski definition) is 0. The zero-order chi connectivity index (χ0) is 17.1. The molecule has 0 amide bonds. The van der Waals surface area contributed by atoms with Crippen LogP contribution in [0.25, 0.3) is 21.5 Å². The molecule has 2 nitrogen and oxygen atoms in total. The van der Waals surface area contributed by atoms with Gasteiger partial charge in [0.15, 0.2) is 0 Å². The van der Waals surface area contributed by atoms with E-state index in [4.69, 9.17) is 0 Å². The lowest BCUT2D eigenvalue weighted by molar-refractivity contribution is 0.690. The second kappa shape index (κ2) is 7.32. The molecule has 0 N–H and O–H groups in total. The van der Waals surface area contributed by atoms with Gasteiger partial charge in [0, 0.05) is 29.3 Å². The van der Waals surface area contributed by atoms with Crippen molar-refractivity contribution in [3.8, 4) is 0 Å². The van der Waals surface area contributed by atoms with Crippen LogP contribution in [-0.4, -0.2) is 9.97 Å². The van der Waals surface area contributed by atoms with E-state index in [1.807, 2.05) is 0 Å². The Labute approximate surface area is 156 Å². The summed E-state index contributed by atoms with van der Waals surface area (Å²) in [5.74, 6) is 0. The number of hydrogen-bond acceptors (Lipinski definition) is 2. The maximum atomic E-state index is 3.72. The monoisotopic (exact) mass is 390 g/mol. The highest BCUT2D eigenvalue weighted by atomic mass is 79.9. The van der Waals surface area contributed by atoms with Gasteiger partial charge in [-0.15, -0.1) is 0 Å². The second-order valence-corrected chi connectivity index (χ2v) is 7.25. The Bertz CT molecular complexity index is 986. The van der Waals surface area contributed by atoms with Gasteiger partial charge in [0.25, 0.3) is 0 Å². The standard InChI is InChI=1S/C18H15Br.C4H4N2/c19-14-8-5-13-7-9-16-15-4-2-1-3-12(15)6-10-17(16)18(13)11-14;1-2-6-4-3-5-1/h5-11H,1-4H2;1-4H. The maximum absolute atomic E-state index is 3.72. The zero-order valence-electron chi connectivity index (χ0n) is 14.0. The van der Waals surface area contributed by atoms with Crippen molar-refractivity contribution in [2.45, 2.75) is 25.7 Å². The van der Waals surface area contributed by atoms with Crippen LogP contribution < -0.4 is 0 Å². The summed E-state index contributed by atoms with van der Waals surface area (Å²) in [7, 11) is 0. The van der Waals surface area contributed by atoms with Gasteiger partial charge in [-0.2, -0.15) is 0 Å². The smallest absolute Gasteiger partial charge is 0.0451 e. The summed E-state index contributed by atoms with van der Waals surface area (Å²) in [6.45, 7) is 0. The highest BCUT2D eigenvalue weighted by Gasteiger charge is 2.13. The van der Waals surface area contributed by atoms with Gasteiger partial charge in [0.1, 0.15) is 0 Å². The minimum Gasteiger partial charge on any atom is -0.262 e. The molecule has 25 heavy (non-hydrogen) atoms. The Morgan fingerprint density at radius 3 is 2.12 bits per heavy atom. The van der Waals surface area contributed by atoms with Crippen molar-refractivity contribution in [2.24, 2.45) is 0 Å². The summed E-state index contributed by atoms with van der Waals surface area (Å²) >= 11 is 3.59. The fourth-order valence-corrected chi connectivity index (χ4v) is 3.98. The minimum absolute atomic E-state index is 1.16. The molecule has 1 aliphatic carbocycles. The van der Waals surface area contributed by atoms with Crippen molar-refractivity contribution < 1.29 is 0 Å². The van der Waals surface area contributed by atoms with Crippen LogP contribution in [0.4, 0.5) is 0 Å². The van der Waals surface area contributed by atoms with Crippen molar-refractivity contribution in [2.75, 3.05) is 0 Å². The van der Waals surface area contributed by atoms with E-state index in [1.165, 1.54) is 47.2 Å². The van der Waals surface area contributed by atoms with Crippen molar-refractivity contribution in [3.05, 3.63) is 82.9 Å². The van der Waals surface area contributed by atoms with Gasteiger partial charge >= 0.3 is 0 Å². The van der Waals surface area contributed by atoms with Crippen molar-refractivity contribution in [1.82, 2.24) is 9.97 Å². The van der Waals surface area contributed by atoms with Crippen LogP contribution in [0.2, 0.25) is 0 Å². The third-order valence-corrected chi connectivity index (χ3v) is 5.28. The number of benzene rings is 3. The first-order chi connectivity index (χ1) is 12.3. The number of nitrogens with zero attached hydrogens (tertiary/aromatic N) is 2. The minimum atomic E-state index is 1.16. The van der Waals surface area contributed by atoms with E-state index in [0.29, 0.717) is 0 Å². The third-order valence-electron chi connectivity index (χ3n) is 4.79. The third kappa shape index (κ3) is 3.42. The molecular formula is C22H19BrN2. The van der Waals surface area contributed by atoms with E-state index in [-0.39, 0.29) is 0 Å². The molecule has 0 saturated heterocycles. The van der Waals surface area contributed by atoms with Crippen molar-refractivity contribution >= 4 is 37.5 Å². The molecule has 0 atom stereocenters. The van der Waals surface area contributed by atoms with Gasteiger partial charge in [0.2, 0.25) is 0 Å². The van der Waals surface area contributed by atoms with Gasteiger partial charge < -0.3 is 0 Å². The maximum Gasteiger partial charge on any atom is 0.0451 e. The Balaban J connectivity index is 0.000000223. The number of rotatable bonds is 0. The number of aromatic nitrogens is 2. The summed E-state index contributed by atoms with van der Waals surface area (Å²) in [5, 5.41) is 5.55. The molecule has 0 unspecified atom stereocenters. The van der Waals surface area contributed by atoms with Gasteiger partial charge in [-0.1, -0.05) is 46.3 Å². The second-order valence-electron chi connectivity index (χ2n) is 6.33. The predicted octanol–water partition coefficient (Wildman–Crippen LogP) is 6.11. The van der Waals surface area contributed by atoms with E-state index in [2.05, 4.69) is 68.4 Å². The van der Waals surface area contributed by atoms with E-state index in [0.717, 1.165) is 4.47 Å². The summed E-state index contributed by atoms with van der Waals surface area (Å²) in [5.41, 5.74) is 3.15. The van der Waals surface area contributed by atoms with Gasteiger partial charge in [0.05, 0.1) is 0 Å². The molecule has 5 rings (SSSR count). The van der Waals surface area contributed by atoms with Gasteiger partial charge in [-0.3, -0.25) is 9.97 Å². The number of halogens is 1. The number of fused-ring (bicyclic) bond motifs is 5. The molecule has 3 heteroatoms. The normalized spacial score (nSPS) is 13.2. The fourth-order valence-electron chi connectivity index (χ4n) is 3.62. The van der Waals surface area contributed by atoms with Crippen LogP contribution in [0, 0.1) is 0 Å². The molecule has 124 valence electrons. The molecule has 0 saturated carbocycles. The first kappa shape index (κ1) is 16.2. The Morgan fingerprint density at radius 2 is 1.36 bits per heavy atom. The first-order valence-corrected chi connectivity index (χ1v) is 9.45. The topological polar surface area (TPSA) is 25.8 Å². The molecule has 0 spiro atoms. The largest absolute Gasteiger partial charge is 0.262 e. The Morgan fingerprint density at radius 1 is 0.680 bits per heavy atom. The molecule has 0 fully saturated rings. The quantitative estimate of drug-likeness (QED) is 0.338. The molecule has 1 aliphatic rings. The van der Waals surface area contributed by atoms with Crippen molar-refractivity contribution in [3.63, 3.8) is 0 Å². The molecule has 0 bridgehead atoms. The molecule has 3 aromatic carbocycles. The van der Waals surface area contributed by atoms with Crippen LogP contribution in [0.15, 0.2) is 71.7 Å². The zero-order valence-corrected chi connectivity index (χ0v) is 15.5. The number of aryl methyl sites for hydroxylation is 2. The van der Waals surface area contributed by atoms with Crippen LogP contribution in [-0.2, 0) is 12.8 Å². The van der Waals surface area contributed by atoms with E-state index >= 15 is 0 Å². The lowest BCUT2D eigenvalue weighted by Gasteiger charge is -2.18. The average Bonchev–Trinajstić information content (AvgIpc) is 2.69. The Hall–Kier alpha value is -2.26. The van der Waals surface area contributed by atoms with Gasteiger partial charge in [-0.25, -0.2) is 0 Å². The van der Waals surface area contributed by atoms with Crippen LogP contribution in [0.5, 0.6) is 0 Å². The highest BCUT2D eigenvalue weighted by Crippen LogP contribution is 2.34. The molecular weight excluding hydrogens is 372 g/mol. The highest BCUT2D eigenvalue weighted by molar-refractivity contribution is 9.10. The van der Waals surface area contributed by atoms with Crippen LogP contribution in [0.1, 0.15) is 24.0 Å². The lowest BCUT2D eigenvalue weighted by Crippen LogP contribution is -2.03. The first-order valence-electron chi connectivity index (χ1n) is 8.65. The summed E-state index contributed by atoms with van der Waals surface area (Å²) in [6, 6.07) is 15.8. The van der Waals surface area contributed by atoms with Gasteiger partial charge in [-0.05, 0) is 70.5 Å². The molecule has 0 radical (unpaired) electrons. The van der Waals surface area contributed by atoms with E-state index in [1.54, 1.807) is 35.9 Å². The van der Waals surface area contributed by atoms with Crippen LogP contribution in [0.3, 0.4) is 0 Å². The van der Waals surface area contributed by atoms with E-state index < -0.39 is 0 Å². The SMILES string of the molecule is Brc1ccc2ccc3c4c(ccc3c2c1)CCCC4.c1cnccn1. The lowest BCUT2D eigenvalue weighted by atomic mass is 9.86. The summed E-state index contributed by atoms with van der Waals surface area (Å²) in [6.07, 6.45) is 11.7. The average molecular weight is 391 g/mol. The molecule has 0 aliphatic heterocycles. The summed E-state index contributed by atoms with van der Waals surface area (Å²) < 4.78 is 1.16. The Kier molecular flexibility index (Phi) is 4.75. The molecule has 1 aromatic heterocycles.